The molecule has 92 valence electrons. The highest BCUT2D eigenvalue weighted by Gasteiger charge is 2.26. The van der Waals surface area contributed by atoms with E-state index in [9.17, 15) is 4.79 Å². The summed E-state index contributed by atoms with van der Waals surface area (Å²) < 4.78 is 1.47. The standard InChI is InChI=1S/C10H7Br2N5O/c11-6-5-3-1-15-10(13)16-4(3)2-14-9(18)7(5)17-8(6)12/h1,17H,2H2,(H,14,18)(H2,13,15,16). The number of aromatic nitrogens is 3. The van der Waals surface area contributed by atoms with Crippen LogP contribution in [0, 0.1) is 0 Å². The van der Waals surface area contributed by atoms with Crippen LogP contribution in [0.25, 0.3) is 11.1 Å². The van der Waals surface area contributed by atoms with Crippen molar-refractivity contribution in [1.82, 2.24) is 20.3 Å². The van der Waals surface area contributed by atoms with Crippen LogP contribution < -0.4 is 11.1 Å². The van der Waals surface area contributed by atoms with Crippen LogP contribution in [-0.4, -0.2) is 20.9 Å². The Morgan fingerprint density at radius 1 is 1.39 bits per heavy atom. The summed E-state index contributed by atoms with van der Waals surface area (Å²) >= 11 is 6.79. The first-order valence-electron chi connectivity index (χ1n) is 5.05. The van der Waals surface area contributed by atoms with Gasteiger partial charge < -0.3 is 16.0 Å². The Hall–Kier alpha value is -1.41. The van der Waals surface area contributed by atoms with Crippen LogP contribution >= 0.6 is 31.9 Å². The van der Waals surface area contributed by atoms with E-state index >= 15 is 0 Å². The van der Waals surface area contributed by atoms with E-state index in [1.807, 2.05) is 0 Å². The smallest absolute Gasteiger partial charge is 0.268 e. The van der Waals surface area contributed by atoms with Gasteiger partial charge in [-0.3, -0.25) is 4.79 Å². The van der Waals surface area contributed by atoms with E-state index in [2.05, 4.69) is 52.1 Å². The van der Waals surface area contributed by atoms with Gasteiger partial charge in [-0.2, -0.15) is 0 Å². The number of nitrogens with zero attached hydrogens (tertiary/aromatic N) is 2. The van der Waals surface area contributed by atoms with Crippen molar-refractivity contribution in [3.05, 3.63) is 26.7 Å². The van der Waals surface area contributed by atoms with Gasteiger partial charge in [0.15, 0.2) is 0 Å². The number of H-pyrrole nitrogens is 1. The van der Waals surface area contributed by atoms with Crippen molar-refractivity contribution in [1.29, 1.82) is 0 Å². The number of anilines is 1. The average Bonchev–Trinajstić information content (AvgIpc) is 2.56. The lowest BCUT2D eigenvalue weighted by molar-refractivity contribution is 0.0948. The van der Waals surface area contributed by atoms with Gasteiger partial charge >= 0.3 is 0 Å². The Bertz CT molecular complexity index is 667. The highest BCUT2D eigenvalue weighted by Crippen LogP contribution is 2.39. The van der Waals surface area contributed by atoms with E-state index in [1.54, 1.807) is 6.20 Å². The number of nitrogens with two attached hydrogens (primary N) is 1. The second-order valence-electron chi connectivity index (χ2n) is 3.77. The Morgan fingerprint density at radius 3 is 2.94 bits per heavy atom. The summed E-state index contributed by atoms with van der Waals surface area (Å²) in [5.41, 5.74) is 8.26. The number of rotatable bonds is 0. The molecule has 3 rings (SSSR count). The quantitative estimate of drug-likeness (QED) is 0.657. The van der Waals surface area contributed by atoms with Crippen LogP contribution in [0.2, 0.25) is 0 Å². The molecular weight excluding hydrogens is 366 g/mol. The normalized spacial score (nSPS) is 13.6. The molecule has 0 unspecified atom stereocenters. The molecule has 3 heterocycles. The van der Waals surface area contributed by atoms with Gasteiger partial charge in [-0.1, -0.05) is 0 Å². The topological polar surface area (TPSA) is 96.7 Å². The number of hydrogen-bond acceptors (Lipinski definition) is 4. The number of amides is 1. The Labute approximate surface area is 119 Å². The summed E-state index contributed by atoms with van der Waals surface area (Å²) in [5.74, 6) is 0.00476. The first-order chi connectivity index (χ1) is 8.58. The van der Waals surface area contributed by atoms with Gasteiger partial charge in [0.25, 0.3) is 5.91 Å². The summed E-state index contributed by atoms with van der Waals surface area (Å²) in [6.07, 6.45) is 1.63. The maximum Gasteiger partial charge on any atom is 0.268 e. The number of hydrogen-bond donors (Lipinski definition) is 3. The Kier molecular flexibility index (Phi) is 2.63. The summed E-state index contributed by atoms with van der Waals surface area (Å²) in [5, 5.41) is 2.77. The van der Waals surface area contributed by atoms with Crippen LogP contribution in [0.15, 0.2) is 15.3 Å². The summed E-state index contributed by atoms with van der Waals surface area (Å²) in [7, 11) is 0. The Morgan fingerprint density at radius 2 is 2.17 bits per heavy atom. The monoisotopic (exact) mass is 371 g/mol. The lowest BCUT2D eigenvalue weighted by atomic mass is 10.1. The third-order valence-electron chi connectivity index (χ3n) is 2.70. The molecule has 0 atom stereocenters. The molecule has 1 aliphatic heterocycles. The molecule has 0 aliphatic carbocycles. The van der Waals surface area contributed by atoms with Crippen LogP contribution in [0.1, 0.15) is 16.2 Å². The van der Waals surface area contributed by atoms with Crippen LogP contribution in [0.5, 0.6) is 0 Å². The minimum absolute atomic E-state index is 0.187. The average molecular weight is 373 g/mol. The van der Waals surface area contributed by atoms with Gasteiger partial charge in [0, 0.05) is 17.3 Å². The predicted molar refractivity (Wildman–Crippen MR) is 72.8 cm³/mol. The minimum atomic E-state index is -0.187. The number of carbonyl (C=O) groups excluding carboxylic acids is 1. The molecule has 0 saturated heterocycles. The lowest BCUT2D eigenvalue weighted by Gasteiger charge is -2.05. The first-order valence-corrected chi connectivity index (χ1v) is 6.63. The number of halogens is 2. The molecule has 6 nitrogen and oxygen atoms in total. The lowest BCUT2D eigenvalue weighted by Crippen LogP contribution is -2.22. The highest BCUT2D eigenvalue weighted by atomic mass is 79.9. The van der Waals surface area contributed by atoms with Crippen LogP contribution in [0.4, 0.5) is 5.95 Å². The van der Waals surface area contributed by atoms with Gasteiger partial charge in [0.1, 0.15) is 5.69 Å². The number of nitrogen functional groups attached to an aromatic ring is 1. The van der Waals surface area contributed by atoms with Crippen molar-refractivity contribution in [3.63, 3.8) is 0 Å². The van der Waals surface area contributed by atoms with Crippen molar-refractivity contribution in [3.8, 4) is 11.1 Å². The number of nitrogens with one attached hydrogen (secondary N) is 2. The molecule has 4 N–H and O–H groups in total. The SMILES string of the molecule is Nc1ncc2c(n1)CNC(=O)c1[nH]c(Br)c(Br)c1-2. The molecule has 2 aromatic rings. The molecule has 8 heteroatoms. The van der Waals surface area contributed by atoms with Crippen molar-refractivity contribution in [2.45, 2.75) is 6.54 Å². The van der Waals surface area contributed by atoms with Crippen LogP contribution in [-0.2, 0) is 6.54 Å². The molecule has 0 fully saturated rings. The first kappa shape index (κ1) is 11.7. The van der Waals surface area contributed by atoms with E-state index in [-0.39, 0.29) is 11.9 Å². The van der Waals surface area contributed by atoms with Gasteiger partial charge in [0.05, 0.1) is 21.3 Å². The summed E-state index contributed by atoms with van der Waals surface area (Å²) in [4.78, 5) is 23.1. The number of carbonyl (C=O) groups is 1. The zero-order chi connectivity index (χ0) is 12.9. The predicted octanol–water partition coefficient (Wildman–Crippen LogP) is 1.82. The minimum Gasteiger partial charge on any atom is -0.368 e. The molecule has 2 aromatic heterocycles. The molecular formula is C10H7Br2N5O. The number of aromatic amines is 1. The second-order valence-corrected chi connectivity index (χ2v) is 5.36. The van der Waals surface area contributed by atoms with Crippen LogP contribution in [0.3, 0.4) is 0 Å². The molecule has 0 bridgehead atoms. The van der Waals surface area contributed by atoms with E-state index in [0.717, 1.165) is 15.6 Å². The fourth-order valence-electron chi connectivity index (χ4n) is 1.90. The molecule has 0 spiro atoms. The third kappa shape index (κ3) is 1.64. The van der Waals surface area contributed by atoms with Gasteiger partial charge in [-0.05, 0) is 31.9 Å². The fourth-order valence-corrected chi connectivity index (χ4v) is 2.81. The fraction of sp³-hybridized carbons (Fsp3) is 0.100. The molecule has 0 saturated carbocycles. The molecule has 1 aliphatic rings. The molecule has 18 heavy (non-hydrogen) atoms. The summed E-state index contributed by atoms with van der Waals surface area (Å²) in [6.45, 7) is 0.327. The zero-order valence-corrected chi connectivity index (χ0v) is 12.1. The molecule has 1 amide bonds. The number of fused-ring (bicyclic) bond motifs is 3. The highest BCUT2D eigenvalue weighted by molar-refractivity contribution is 9.13. The van der Waals surface area contributed by atoms with Crippen molar-refractivity contribution < 1.29 is 4.79 Å². The van der Waals surface area contributed by atoms with Crippen molar-refractivity contribution in [2.24, 2.45) is 0 Å². The van der Waals surface area contributed by atoms with Crippen molar-refractivity contribution >= 4 is 43.7 Å². The second kappa shape index (κ2) is 4.06. The van der Waals surface area contributed by atoms with E-state index in [0.29, 0.717) is 22.5 Å². The zero-order valence-electron chi connectivity index (χ0n) is 8.92. The van der Waals surface area contributed by atoms with E-state index in [4.69, 9.17) is 5.73 Å². The summed E-state index contributed by atoms with van der Waals surface area (Å²) in [6, 6.07) is 0. The van der Waals surface area contributed by atoms with E-state index < -0.39 is 0 Å². The maximum atomic E-state index is 12.0. The van der Waals surface area contributed by atoms with Gasteiger partial charge in [-0.15, -0.1) is 0 Å². The van der Waals surface area contributed by atoms with Gasteiger partial charge in [-0.25, -0.2) is 9.97 Å². The maximum absolute atomic E-state index is 12.0. The van der Waals surface area contributed by atoms with Crippen molar-refractivity contribution in [2.75, 3.05) is 5.73 Å². The molecule has 0 aromatic carbocycles. The third-order valence-corrected chi connectivity index (χ3v) is 4.62. The Balaban J connectivity index is 2.35. The molecule has 0 radical (unpaired) electrons. The van der Waals surface area contributed by atoms with Gasteiger partial charge in [0.2, 0.25) is 5.95 Å². The largest absolute Gasteiger partial charge is 0.368 e. The van der Waals surface area contributed by atoms with E-state index in [1.165, 1.54) is 0 Å².